The quantitative estimate of drug-likeness (QED) is 0.832. The third-order valence-corrected chi connectivity index (χ3v) is 6.22. The summed E-state index contributed by atoms with van der Waals surface area (Å²) in [5, 5.41) is 19.5. The molecule has 2 N–H and O–H groups in total. The van der Waals surface area contributed by atoms with Crippen molar-refractivity contribution in [2.24, 2.45) is 0 Å². The monoisotopic (exact) mass is 338 g/mol. The van der Waals surface area contributed by atoms with Crippen LogP contribution in [0.25, 0.3) is 0 Å². The zero-order chi connectivity index (χ0) is 17.1. The van der Waals surface area contributed by atoms with E-state index in [0.29, 0.717) is 12.8 Å². The lowest BCUT2D eigenvalue weighted by atomic mass is 10.0. The molecule has 0 heterocycles. The second-order valence-corrected chi connectivity index (χ2v) is 7.97. The lowest BCUT2D eigenvalue weighted by Gasteiger charge is -2.26. The van der Waals surface area contributed by atoms with Gasteiger partial charge < -0.3 is 10.2 Å². The molecule has 0 saturated heterocycles. The molecule has 6 heteroatoms. The Hall–Kier alpha value is -1.66. The average molecular weight is 338 g/mol. The third-order valence-electron chi connectivity index (χ3n) is 4.20. The molecule has 2 rings (SSSR count). The number of aliphatic carboxylic acids is 1. The van der Waals surface area contributed by atoms with Crippen molar-refractivity contribution >= 4 is 15.8 Å². The Balaban J connectivity index is 2.43. The second kappa shape index (κ2) is 6.84. The van der Waals surface area contributed by atoms with Crippen LogP contribution in [0.4, 0.5) is 0 Å². The SMILES string of the molecule is Cc1ccc(S(=O)(=O)/C(=C/CCC(=O)O)C2(O)CCCC2)cc1. The molecule has 5 nitrogen and oxygen atoms in total. The molecule has 0 radical (unpaired) electrons. The largest absolute Gasteiger partial charge is 0.481 e. The van der Waals surface area contributed by atoms with E-state index in [0.717, 1.165) is 18.4 Å². The van der Waals surface area contributed by atoms with Gasteiger partial charge in [-0.05, 0) is 38.3 Å². The van der Waals surface area contributed by atoms with Gasteiger partial charge in [0.25, 0.3) is 0 Å². The number of aryl methyl sites for hydroxylation is 1. The number of aliphatic hydroxyl groups is 1. The van der Waals surface area contributed by atoms with Crippen molar-refractivity contribution in [3.8, 4) is 0 Å². The highest BCUT2D eigenvalue weighted by Gasteiger charge is 2.41. The number of carboxylic acids is 1. The van der Waals surface area contributed by atoms with E-state index in [-0.39, 0.29) is 22.6 Å². The van der Waals surface area contributed by atoms with Gasteiger partial charge in [0.1, 0.15) is 5.60 Å². The van der Waals surface area contributed by atoms with Crippen molar-refractivity contribution in [3.63, 3.8) is 0 Å². The smallest absolute Gasteiger partial charge is 0.303 e. The van der Waals surface area contributed by atoms with Crippen LogP contribution in [0.15, 0.2) is 40.1 Å². The van der Waals surface area contributed by atoms with Crippen molar-refractivity contribution in [2.75, 3.05) is 0 Å². The number of carbonyl (C=O) groups is 1. The van der Waals surface area contributed by atoms with Gasteiger partial charge in [0, 0.05) is 6.42 Å². The van der Waals surface area contributed by atoms with Gasteiger partial charge in [-0.25, -0.2) is 8.42 Å². The predicted molar refractivity (Wildman–Crippen MR) is 86.7 cm³/mol. The first-order valence-electron chi connectivity index (χ1n) is 7.72. The van der Waals surface area contributed by atoms with Gasteiger partial charge in [-0.2, -0.15) is 0 Å². The number of hydrogen-bond acceptors (Lipinski definition) is 4. The van der Waals surface area contributed by atoms with Crippen molar-refractivity contribution in [1.82, 2.24) is 0 Å². The number of hydrogen-bond donors (Lipinski definition) is 2. The molecule has 23 heavy (non-hydrogen) atoms. The molecule has 0 aromatic heterocycles. The maximum Gasteiger partial charge on any atom is 0.303 e. The Morgan fingerprint density at radius 2 is 1.78 bits per heavy atom. The highest BCUT2D eigenvalue weighted by Crippen LogP contribution is 2.40. The number of benzene rings is 1. The number of carboxylic acid groups (broad SMARTS) is 1. The molecule has 1 aliphatic carbocycles. The molecule has 1 aliphatic rings. The van der Waals surface area contributed by atoms with E-state index in [4.69, 9.17) is 5.11 Å². The molecule has 126 valence electrons. The molecule has 0 aliphatic heterocycles. The van der Waals surface area contributed by atoms with Gasteiger partial charge in [-0.15, -0.1) is 0 Å². The molecule has 1 fully saturated rings. The van der Waals surface area contributed by atoms with Crippen molar-refractivity contribution in [2.45, 2.75) is 55.9 Å². The van der Waals surface area contributed by atoms with Crippen LogP contribution < -0.4 is 0 Å². The first-order chi connectivity index (χ1) is 10.8. The van der Waals surface area contributed by atoms with Crippen LogP contribution in [0.1, 0.15) is 44.1 Å². The van der Waals surface area contributed by atoms with Crippen molar-refractivity contribution in [1.29, 1.82) is 0 Å². The summed E-state index contributed by atoms with van der Waals surface area (Å²) in [5.41, 5.74) is -0.442. The van der Waals surface area contributed by atoms with E-state index >= 15 is 0 Å². The van der Waals surface area contributed by atoms with E-state index in [9.17, 15) is 18.3 Å². The highest BCUT2D eigenvalue weighted by atomic mass is 32.2. The summed E-state index contributed by atoms with van der Waals surface area (Å²) in [7, 11) is -3.84. The Bertz CT molecular complexity index is 695. The maximum absolute atomic E-state index is 12.9. The molecule has 1 saturated carbocycles. The minimum Gasteiger partial charge on any atom is -0.481 e. The molecule has 1 aromatic rings. The summed E-state index contributed by atoms with van der Waals surface area (Å²) in [6, 6.07) is 6.46. The van der Waals surface area contributed by atoms with E-state index in [2.05, 4.69) is 0 Å². The maximum atomic E-state index is 12.9. The van der Waals surface area contributed by atoms with Crippen LogP contribution in [-0.2, 0) is 14.6 Å². The molecular weight excluding hydrogens is 316 g/mol. The zero-order valence-electron chi connectivity index (χ0n) is 13.2. The van der Waals surface area contributed by atoms with Gasteiger partial charge in [-0.1, -0.05) is 36.6 Å². The fourth-order valence-electron chi connectivity index (χ4n) is 2.93. The summed E-state index contributed by atoms with van der Waals surface area (Å²) >= 11 is 0. The van der Waals surface area contributed by atoms with Gasteiger partial charge in [0.15, 0.2) is 0 Å². The first-order valence-corrected chi connectivity index (χ1v) is 9.21. The Morgan fingerprint density at radius 3 is 2.30 bits per heavy atom. The van der Waals surface area contributed by atoms with Gasteiger partial charge in [-0.3, -0.25) is 4.79 Å². The summed E-state index contributed by atoms with van der Waals surface area (Å²) in [5.74, 6) is -0.994. The van der Waals surface area contributed by atoms with Crippen LogP contribution in [0.2, 0.25) is 0 Å². The molecule has 0 unspecified atom stereocenters. The van der Waals surface area contributed by atoms with Gasteiger partial charge in [0.05, 0.1) is 9.80 Å². The average Bonchev–Trinajstić information content (AvgIpc) is 2.91. The molecule has 0 atom stereocenters. The normalized spacial score (nSPS) is 18.1. The van der Waals surface area contributed by atoms with Crippen LogP contribution in [0, 0.1) is 6.92 Å². The van der Waals surface area contributed by atoms with Crippen LogP contribution >= 0.6 is 0 Å². The summed E-state index contributed by atoms with van der Waals surface area (Å²) in [4.78, 5) is 10.8. The summed E-state index contributed by atoms with van der Waals surface area (Å²) < 4.78 is 25.9. The van der Waals surface area contributed by atoms with Crippen molar-refractivity contribution in [3.05, 3.63) is 40.8 Å². The number of rotatable bonds is 6. The Morgan fingerprint density at radius 1 is 1.22 bits per heavy atom. The zero-order valence-corrected chi connectivity index (χ0v) is 14.0. The van der Waals surface area contributed by atoms with E-state index < -0.39 is 21.4 Å². The van der Waals surface area contributed by atoms with E-state index in [1.54, 1.807) is 12.1 Å². The summed E-state index contributed by atoms with van der Waals surface area (Å²) in [6.45, 7) is 1.87. The fraction of sp³-hybridized carbons (Fsp3) is 0.471. The summed E-state index contributed by atoms with van der Waals surface area (Å²) in [6.07, 6.45) is 3.59. The molecule has 0 spiro atoms. The van der Waals surface area contributed by atoms with Crippen LogP contribution in [0.3, 0.4) is 0 Å². The van der Waals surface area contributed by atoms with Gasteiger partial charge in [0.2, 0.25) is 9.84 Å². The molecule has 0 bridgehead atoms. The Labute approximate surface area is 136 Å². The minimum absolute atomic E-state index is 0.0485. The third kappa shape index (κ3) is 4.00. The van der Waals surface area contributed by atoms with Crippen LogP contribution in [-0.4, -0.2) is 30.2 Å². The van der Waals surface area contributed by atoms with Gasteiger partial charge >= 0.3 is 5.97 Å². The first kappa shape index (κ1) is 17.7. The Kier molecular flexibility index (Phi) is 5.26. The lowest BCUT2D eigenvalue weighted by molar-refractivity contribution is -0.136. The van der Waals surface area contributed by atoms with E-state index in [1.165, 1.54) is 18.2 Å². The minimum atomic E-state index is -3.84. The fourth-order valence-corrected chi connectivity index (χ4v) is 4.72. The lowest BCUT2D eigenvalue weighted by Crippen LogP contribution is -2.32. The molecule has 0 amide bonds. The van der Waals surface area contributed by atoms with E-state index in [1.807, 2.05) is 6.92 Å². The second-order valence-electron chi connectivity index (χ2n) is 6.06. The predicted octanol–water partition coefficient (Wildman–Crippen LogP) is 2.82. The molecular formula is C17H22O5S. The molecule has 1 aromatic carbocycles. The number of sulfone groups is 1. The van der Waals surface area contributed by atoms with Crippen molar-refractivity contribution < 1.29 is 23.4 Å². The van der Waals surface area contributed by atoms with Crippen LogP contribution in [0.5, 0.6) is 0 Å². The highest BCUT2D eigenvalue weighted by molar-refractivity contribution is 7.95. The standard InChI is InChI=1S/C17H22O5S/c1-13-7-9-14(10-8-13)23(21,22)15(5-4-6-16(18)19)17(20)11-2-3-12-17/h5,7-10,20H,2-4,6,11-12H2,1H3,(H,18,19)/b15-5+. The number of allylic oxidation sites excluding steroid dienone is 1. The topological polar surface area (TPSA) is 91.7 Å².